The summed E-state index contributed by atoms with van der Waals surface area (Å²) in [7, 11) is 0. The molecule has 0 aliphatic carbocycles. The molecule has 6 heteroatoms. The molecule has 0 aromatic carbocycles. The van der Waals surface area contributed by atoms with E-state index in [1.54, 1.807) is 11.1 Å². The number of nitrogens with zero attached hydrogens (tertiary/aromatic N) is 3. The third kappa shape index (κ3) is 6.57. The Bertz CT molecular complexity index is 553. The highest BCUT2D eigenvalue weighted by Crippen LogP contribution is 2.37. The van der Waals surface area contributed by atoms with Crippen molar-refractivity contribution in [3.63, 3.8) is 0 Å². The van der Waals surface area contributed by atoms with E-state index >= 15 is 0 Å². The van der Waals surface area contributed by atoms with Crippen LogP contribution in [0.2, 0.25) is 0 Å². The van der Waals surface area contributed by atoms with Gasteiger partial charge in [0.15, 0.2) is 0 Å². The summed E-state index contributed by atoms with van der Waals surface area (Å²) in [5.74, 6) is 0. The van der Waals surface area contributed by atoms with E-state index in [1.807, 2.05) is 12.1 Å². The van der Waals surface area contributed by atoms with Crippen molar-refractivity contribution in [2.45, 2.75) is 60.0 Å². The molecule has 0 aliphatic rings. The molecule has 1 atom stereocenters. The van der Waals surface area contributed by atoms with Gasteiger partial charge in [0.25, 0.3) is 0 Å². The topological polar surface area (TPSA) is 82.7 Å². The lowest BCUT2D eigenvalue weighted by Crippen LogP contribution is -2.41. The van der Waals surface area contributed by atoms with Gasteiger partial charge in [0, 0.05) is 19.3 Å². The number of aromatic nitrogens is 1. The molecule has 1 aromatic heterocycles. The van der Waals surface area contributed by atoms with Gasteiger partial charge in [0.2, 0.25) is 0 Å². The molecule has 1 unspecified atom stereocenters. The van der Waals surface area contributed by atoms with Crippen LogP contribution in [0.15, 0.2) is 18.3 Å². The standard InChI is InChI=1S/C20H36N4O2/c1-6-23(7-2)12-8-9-13-24(19(25)26)18(20(3,4)5)17-14-16(15-21)10-11-22-17/h10-11,14,18H,6-9,12-13,15,21H2,1-5H3,(H,25,26). The van der Waals surface area contributed by atoms with Crippen LogP contribution in [0.1, 0.15) is 64.8 Å². The second-order valence-electron chi connectivity index (χ2n) is 7.77. The number of amides is 1. The Kier molecular flexibility index (Phi) is 9.02. The molecular formula is C20H36N4O2. The first-order valence-corrected chi connectivity index (χ1v) is 9.61. The average molecular weight is 365 g/mol. The van der Waals surface area contributed by atoms with Crippen LogP contribution in [0, 0.1) is 5.41 Å². The SMILES string of the molecule is CCN(CC)CCCCN(C(=O)O)C(c1cc(CN)ccn1)C(C)(C)C. The van der Waals surface area contributed by atoms with Gasteiger partial charge < -0.3 is 15.7 Å². The summed E-state index contributed by atoms with van der Waals surface area (Å²) in [6.07, 6.45) is 2.65. The average Bonchev–Trinajstić information content (AvgIpc) is 2.59. The highest BCUT2D eigenvalue weighted by Gasteiger charge is 2.35. The van der Waals surface area contributed by atoms with Crippen molar-refractivity contribution in [1.82, 2.24) is 14.8 Å². The third-order valence-corrected chi connectivity index (χ3v) is 4.76. The molecule has 0 spiro atoms. The Labute approximate surface area is 158 Å². The van der Waals surface area contributed by atoms with Crippen molar-refractivity contribution < 1.29 is 9.90 Å². The molecule has 0 saturated carbocycles. The van der Waals surface area contributed by atoms with Gasteiger partial charge >= 0.3 is 6.09 Å². The molecule has 1 heterocycles. The minimum atomic E-state index is -0.896. The Balaban J connectivity index is 2.94. The molecule has 0 aliphatic heterocycles. The van der Waals surface area contributed by atoms with Crippen molar-refractivity contribution >= 4 is 6.09 Å². The van der Waals surface area contributed by atoms with Crippen LogP contribution in [0.5, 0.6) is 0 Å². The van der Waals surface area contributed by atoms with Crippen molar-refractivity contribution in [3.8, 4) is 0 Å². The summed E-state index contributed by atoms with van der Waals surface area (Å²) in [6.45, 7) is 14.5. The summed E-state index contributed by atoms with van der Waals surface area (Å²) >= 11 is 0. The summed E-state index contributed by atoms with van der Waals surface area (Å²) in [5, 5.41) is 9.86. The first-order chi connectivity index (χ1) is 12.2. The molecule has 3 N–H and O–H groups in total. The van der Waals surface area contributed by atoms with Gasteiger partial charge in [0.05, 0.1) is 11.7 Å². The fourth-order valence-electron chi connectivity index (χ4n) is 3.33. The molecule has 1 aromatic rings. The number of hydrogen-bond acceptors (Lipinski definition) is 4. The second-order valence-corrected chi connectivity index (χ2v) is 7.77. The van der Waals surface area contributed by atoms with Crippen molar-refractivity contribution in [2.24, 2.45) is 11.1 Å². The zero-order valence-electron chi connectivity index (χ0n) is 17.0. The van der Waals surface area contributed by atoms with Gasteiger partial charge in [0.1, 0.15) is 0 Å². The molecule has 1 rings (SSSR count). The van der Waals surface area contributed by atoms with Crippen molar-refractivity contribution in [2.75, 3.05) is 26.2 Å². The number of nitrogens with two attached hydrogens (primary N) is 1. The lowest BCUT2D eigenvalue weighted by atomic mass is 9.83. The Morgan fingerprint density at radius 3 is 2.35 bits per heavy atom. The summed E-state index contributed by atoms with van der Waals surface area (Å²) in [6, 6.07) is 3.50. The fourth-order valence-corrected chi connectivity index (χ4v) is 3.33. The minimum absolute atomic E-state index is 0.266. The van der Waals surface area contributed by atoms with Crippen LogP contribution in [0.4, 0.5) is 4.79 Å². The normalized spacial score (nSPS) is 13.0. The summed E-state index contributed by atoms with van der Waals surface area (Å²) in [4.78, 5) is 20.4. The maximum atomic E-state index is 12.0. The zero-order valence-corrected chi connectivity index (χ0v) is 17.0. The summed E-state index contributed by atoms with van der Waals surface area (Å²) < 4.78 is 0. The van der Waals surface area contributed by atoms with Crippen LogP contribution >= 0.6 is 0 Å². The minimum Gasteiger partial charge on any atom is -0.465 e. The van der Waals surface area contributed by atoms with Crippen LogP contribution in [0.3, 0.4) is 0 Å². The van der Waals surface area contributed by atoms with Crippen molar-refractivity contribution in [3.05, 3.63) is 29.6 Å². The van der Waals surface area contributed by atoms with Crippen LogP contribution < -0.4 is 5.73 Å². The van der Waals surface area contributed by atoms with E-state index < -0.39 is 6.09 Å². The number of pyridine rings is 1. The van der Waals surface area contributed by atoms with Gasteiger partial charge in [-0.25, -0.2) is 4.79 Å². The van der Waals surface area contributed by atoms with E-state index in [0.29, 0.717) is 13.1 Å². The van der Waals surface area contributed by atoms with Gasteiger partial charge in [-0.2, -0.15) is 0 Å². The number of rotatable bonds is 10. The Morgan fingerprint density at radius 2 is 1.85 bits per heavy atom. The second kappa shape index (κ2) is 10.5. The van der Waals surface area contributed by atoms with E-state index in [2.05, 4.69) is 44.5 Å². The third-order valence-electron chi connectivity index (χ3n) is 4.76. The largest absolute Gasteiger partial charge is 0.465 e. The van der Waals surface area contributed by atoms with Gasteiger partial charge in [-0.15, -0.1) is 0 Å². The maximum Gasteiger partial charge on any atom is 0.407 e. The molecule has 1 amide bonds. The smallest absolute Gasteiger partial charge is 0.407 e. The Hall–Kier alpha value is -1.66. The Morgan fingerprint density at radius 1 is 1.23 bits per heavy atom. The van der Waals surface area contributed by atoms with Crippen molar-refractivity contribution in [1.29, 1.82) is 0 Å². The fraction of sp³-hybridized carbons (Fsp3) is 0.700. The lowest BCUT2D eigenvalue weighted by Gasteiger charge is -2.38. The lowest BCUT2D eigenvalue weighted by molar-refractivity contribution is 0.0779. The van der Waals surface area contributed by atoms with Crippen LogP contribution in [-0.2, 0) is 6.54 Å². The molecule has 0 fully saturated rings. The molecular weight excluding hydrogens is 328 g/mol. The zero-order chi connectivity index (χ0) is 19.7. The van der Waals surface area contributed by atoms with E-state index in [4.69, 9.17) is 5.73 Å². The molecule has 6 nitrogen and oxygen atoms in total. The molecule has 0 saturated heterocycles. The maximum absolute atomic E-state index is 12.0. The van der Waals surface area contributed by atoms with E-state index in [9.17, 15) is 9.90 Å². The predicted molar refractivity (Wildman–Crippen MR) is 106 cm³/mol. The number of hydrogen-bond donors (Lipinski definition) is 2. The van der Waals surface area contributed by atoms with Crippen LogP contribution in [-0.4, -0.2) is 52.2 Å². The summed E-state index contributed by atoms with van der Waals surface area (Å²) in [5.41, 5.74) is 7.23. The number of carboxylic acid groups (broad SMARTS) is 1. The van der Waals surface area contributed by atoms with Gasteiger partial charge in [-0.3, -0.25) is 9.88 Å². The first-order valence-electron chi connectivity index (χ1n) is 9.61. The predicted octanol–water partition coefficient (Wildman–Crippen LogP) is 3.73. The highest BCUT2D eigenvalue weighted by molar-refractivity contribution is 5.65. The first kappa shape index (κ1) is 22.4. The van der Waals surface area contributed by atoms with E-state index in [0.717, 1.165) is 43.7 Å². The number of carbonyl (C=O) groups is 1. The van der Waals surface area contributed by atoms with Crippen LogP contribution in [0.25, 0.3) is 0 Å². The van der Waals surface area contributed by atoms with Gasteiger partial charge in [-0.05, 0) is 55.6 Å². The monoisotopic (exact) mass is 364 g/mol. The number of unbranched alkanes of at least 4 members (excludes halogenated alkanes) is 1. The van der Waals surface area contributed by atoms with E-state index in [-0.39, 0.29) is 11.5 Å². The molecule has 148 valence electrons. The quantitative estimate of drug-likeness (QED) is 0.618. The van der Waals surface area contributed by atoms with Gasteiger partial charge in [-0.1, -0.05) is 34.6 Å². The highest BCUT2D eigenvalue weighted by atomic mass is 16.4. The molecule has 26 heavy (non-hydrogen) atoms. The molecule has 0 radical (unpaired) electrons. The molecule has 0 bridgehead atoms. The van der Waals surface area contributed by atoms with E-state index in [1.165, 1.54) is 0 Å².